The van der Waals surface area contributed by atoms with Crippen LogP contribution in [0.1, 0.15) is 12.7 Å². The van der Waals surface area contributed by atoms with Gasteiger partial charge in [-0.25, -0.2) is 4.98 Å². The number of H-pyrrole nitrogens is 1. The lowest BCUT2D eigenvalue weighted by Gasteiger charge is -2.10. The Balaban J connectivity index is 2.20. The van der Waals surface area contributed by atoms with E-state index in [2.05, 4.69) is 20.5 Å². The molecular weight excluding hydrogens is 296 g/mol. The lowest BCUT2D eigenvalue weighted by atomic mass is 10.2. The quantitative estimate of drug-likeness (QED) is 0.910. The first-order chi connectivity index (χ1) is 9.51. The van der Waals surface area contributed by atoms with Crippen molar-refractivity contribution in [2.24, 2.45) is 0 Å². The minimum absolute atomic E-state index is 0.0462. The summed E-state index contributed by atoms with van der Waals surface area (Å²) in [6.07, 6.45) is 1.89. The molecule has 1 atom stereocenters. The maximum atomic E-state index is 11.8. The number of aromatic amines is 1. The minimum atomic E-state index is -0.107. The molecule has 0 saturated carbocycles. The zero-order valence-electron chi connectivity index (χ0n) is 11.4. The molecule has 0 aliphatic rings. The highest BCUT2D eigenvalue weighted by atomic mass is 35.5. The third-order valence-corrected chi connectivity index (χ3v) is 4.03. The van der Waals surface area contributed by atoms with Gasteiger partial charge in [0.15, 0.2) is 5.82 Å². The van der Waals surface area contributed by atoms with Gasteiger partial charge in [-0.15, -0.1) is 0 Å². The van der Waals surface area contributed by atoms with Crippen molar-refractivity contribution < 1.29 is 4.79 Å². The highest BCUT2D eigenvalue weighted by Crippen LogP contribution is 2.28. The Morgan fingerprint density at radius 1 is 1.50 bits per heavy atom. The largest absolute Gasteiger partial charge is 0.325 e. The van der Waals surface area contributed by atoms with E-state index >= 15 is 0 Å². The zero-order valence-corrected chi connectivity index (χ0v) is 13.0. The molecule has 2 rings (SSSR count). The molecule has 0 bridgehead atoms. The predicted molar refractivity (Wildman–Crippen MR) is 83.2 cm³/mol. The van der Waals surface area contributed by atoms with Crippen molar-refractivity contribution >= 4 is 35.0 Å². The summed E-state index contributed by atoms with van der Waals surface area (Å²) in [7, 11) is 0. The molecule has 1 aromatic heterocycles. The van der Waals surface area contributed by atoms with Crippen LogP contribution in [0.25, 0.3) is 11.4 Å². The number of aromatic nitrogens is 3. The van der Waals surface area contributed by atoms with Crippen molar-refractivity contribution in [2.45, 2.75) is 19.1 Å². The van der Waals surface area contributed by atoms with E-state index < -0.39 is 0 Å². The third-order valence-electron chi connectivity index (χ3n) is 2.80. The number of thioether (sulfide) groups is 1. The molecule has 1 aromatic carbocycles. The smallest absolute Gasteiger partial charge is 0.237 e. The summed E-state index contributed by atoms with van der Waals surface area (Å²) < 4.78 is 0. The maximum Gasteiger partial charge on any atom is 0.237 e. The standard InChI is InChI=1S/C13H15ClN4OS/c1-7(20-3)13(19)16-9-4-5-10(11(14)6-9)12-15-8(2)17-18-12/h4-7H,1-3H3,(H,16,19)(H,15,17,18)/t7-/m1/s1. The average Bonchev–Trinajstić information content (AvgIpc) is 2.84. The van der Waals surface area contributed by atoms with Gasteiger partial charge in [-0.1, -0.05) is 11.6 Å². The fraction of sp³-hybridized carbons (Fsp3) is 0.308. The summed E-state index contributed by atoms with van der Waals surface area (Å²) in [5, 5.41) is 10.1. The number of rotatable bonds is 4. The number of carbonyl (C=O) groups excluding carboxylic acids is 1. The first kappa shape index (κ1) is 14.9. The van der Waals surface area contributed by atoms with Crippen LogP contribution >= 0.6 is 23.4 Å². The van der Waals surface area contributed by atoms with E-state index in [1.807, 2.05) is 20.1 Å². The van der Waals surface area contributed by atoms with Crippen molar-refractivity contribution in [3.63, 3.8) is 0 Å². The molecule has 1 heterocycles. The lowest BCUT2D eigenvalue weighted by Crippen LogP contribution is -2.21. The molecule has 0 radical (unpaired) electrons. The Kier molecular flexibility index (Phi) is 4.67. The van der Waals surface area contributed by atoms with Crippen LogP contribution in [-0.2, 0) is 4.79 Å². The van der Waals surface area contributed by atoms with Gasteiger partial charge < -0.3 is 5.32 Å². The second-order valence-corrected chi connectivity index (χ2v) is 5.89. The monoisotopic (exact) mass is 310 g/mol. The van der Waals surface area contributed by atoms with Gasteiger partial charge in [-0.3, -0.25) is 9.89 Å². The summed E-state index contributed by atoms with van der Waals surface area (Å²) >= 11 is 7.71. The van der Waals surface area contributed by atoms with Crippen molar-refractivity contribution in [2.75, 3.05) is 11.6 Å². The fourth-order valence-electron chi connectivity index (χ4n) is 1.59. The number of hydrogen-bond acceptors (Lipinski definition) is 4. The molecule has 0 aliphatic carbocycles. The molecule has 0 aliphatic heterocycles. The molecule has 106 valence electrons. The van der Waals surface area contributed by atoms with Gasteiger partial charge in [-0.2, -0.15) is 16.9 Å². The number of nitrogens with zero attached hydrogens (tertiary/aromatic N) is 2. The van der Waals surface area contributed by atoms with Gasteiger partial charge in [0.25, 0.3) is 0 Å². The van der Waals surface area contributed by atoms with Crippen LogP contribution in [0.15, 0.2) is 18.2 Å². The highest BCUT2D eigenvalue weighted by Gasteiger charge is 2.13. The van der Waals surface area contributed by atoms with Gasteiger partial charge in [0.2, 0.25) is 5.91 Å². The Morgan fingerprint density at radius 3 is 2.80 bits per heavy atom. The predicted octanol–water partition coefficient (Wildman–Crippen LogP) is 3.12. The maximum absolute atomic E-state index is 11.8. The lowest BCUT2D eigenvalue weighted by molar-refractivity contribution is -0.115. The van der Waals surface area contributed by atoms with Crippen LogP contribution in [0.2, 0.25) is 5.02 Å². The van der Waals surface area contributed by atoms with Gasteiger partial charge in [0.05, 0.1) is 10.3 Å². The molecule has 1 amide bonds. The number of carbonyl (C=O) groups is 1. The summed E-state index contributed by atoms with van der Waals surface area (Å²) in [6, 6.07) is 5.29. The van der Waals surface area contributed by atoms with Gasteiger partial charge in [0.1, 0.15) is 5.82 Å². The number of amides is 1. The molecular formula is C13H15ClN4OS. The first-order valence-electron chi connectivity index (χ1n) is 6.04. The van der Waals surface area contributed by atoms with Crippen molar-refractivity contribution in [3.05, 3.63) is 29.0 Å². The molecule has 0 unspecified atom stereocenters. The van der Waals surface area contributed by atoms with Crippen molar-refractivity contribution in [1.82, 2.24) is 15.2 Å². The molecule has 0 saturated heterocycles. The minimum Gasteiger partial charge on any atom is -0.325 e. The zero-order chi connectivity index (χ0) is 14.7. The Morgan fingerprint density at radius 2 is 2.25 bits per heavy atom. The fourth-order valence-corrected chi connectivity index (χ4v) is 2.13. The third kappa shape index (κ3) is 3.32. The number of benzene rings is 1. The Hall–Kier alpha value is -1.53. The number of nitrogens with one attached hydrogen (secondary N) is 2. The summed E-state index contributed by atoms with van der Waals surface area (Å²) in [6.45, 7) is 3.68. The molecule has 2 aromatic rings. The highest BCUT2D eigenvalue weighted by molar-refractivity contribution is 7.99. The molecule has 0 fully saturated rings. The van der Waals surface area contributed by atoms with E-state index in [1.54, 1.807) is 18.2 Å². The Labute approximate surface area is 126 Å². The van der Waals surface area contributed by atoms with Crippen molar-refractivity contribution in [3.8, 4) is 11.4 Å². The van der Waals surface area contributed by atoms with Gasteiger partial charge >= 0.3 is 0 Å². The van der Waals surface area contributed by atoms with E-state index in [-0.39, 0.29) is 11.2 Å². The van der Waals surface area contributed by atoms with Crippen LogP contribution in [0.3, 0.4) is 0 Å². The van der Waals surface area contributed by atoms with Crippen LogP contribution in [0.5, 0.6) is 0 Å². The number of anilines is 1. The van der Waals surface area contributed by atoms with Gasteiger partial charge in [-0.05, 0) is 38.3 Å². The van der Waals surface area contributed by atoms with Crippen LogP contribution in [0, 0.1) is 6.92 Å². The van der Waals surface area contributed by atoms with Crippen molar-refractivity contribution in [1.29, 1.82) is 0 Å². The summed E-state index contributed by atoms with van der Waals surface area (Å²) in [5.41, 5.74) is 1.39. The topological polar surface area (TPSA) is 70.7 Å². The van der Waals surface area contributed by atoms with E-state index in [0.29, 0.717) is 16.5 Å². The molecule has 7 heteroatoms. The van der Waals surface area contributed by atoms with Crippen LogP contribution in [-0.4, -0.2) is 32.6 Å². The normalized spacial score (nSPS) is 12.2. The van der Waals surface area contributed by atoms with E-state index in [0.717, 1.165) is 11.4 Å². The number of aryl methyl sites for hydroxylation is 1. The second kappa shape index (κ2) is 6.28. The first-order valence-corrected chi connectivity index (χ1v) is 7.70. The summed E-state index contributed by atoms with van der Waals surface area (Å²) in [4.78, 5) is 16.0. The molecule has 2 N–H and O–H groups in total. The van der Waals surface area contributed by atoms with E-state index in [4.69, 9.17) is 11.6 Å². The SMILES string of the molecule is CS[C@H](C)C(=O)Nc1ccc(-c2n[nH]c(C)n2)c(Cl)c1. The number of halogens is 1. The second-order valence-electron chi connectivity index (χ2n) is 4.31. The van der Waals surface area contributed by atoms with E-state index in [9.17, 15) is 4.79 Å². The number of hydrogen-bond donors (Lipinski definition) is 2. The van der Waals surface area contributed by atoms with Crippen LogP contribution in [0.4, 0.5) is 5.69 Å². The molecule has 0 spiro atoms. The van der Waals surface area contributed by atoms with E-state index in [1.165, 1.54) is 11.8 Å². The Bertz CT molecular complexity index is 629. The average molecular weight is 311 g/mol. The van der Waals surface area contributed by atoms with Crippen LogP contribution < -0.4 is 5.32 Å². The van der Waals surface area contributed by atoms with Gasteiger partial charge in [0, 0.05) is 11.3 Å². The molecule has 5 nitrogen and oxygen atoms in total. The molecule has 20 heavy (non-hydrogen) atoms. The summed E-state index contributed by atoms with van der Waals surface area (Å²) in [5.74, 6) is 1.22.